The largest absolute Gasteiger partial charge is 0.352 e. The van der Waals surface area contributed by atoms with E-state index in [1.54, 1.807) is 17.9 Å². The smallest absolute Gasteiger partial charge is 0.242 e. The first kappa shape index (κ1) is 27.7. The summed E-state index contributed by atoms with van der Waals surface area (Å²) in [6, 6.07) is 14.7. The molecule has 1 aliphatic carbocycles. The predicted octanol–water partition coefficient (Wildman–Crippen LogP) is 4.33. The van der Waals surface area contributed by atoms with Crippen LogP contribution < -0.4 is 9.62 Å². The second kappa shape index (κ2) is 12.4. The molecule has 0 bridgehead atoms. The Kier molecular flexibility index (Phi) is 9.54. The molecule has 0 aromatic heterocycles. The highest BCUT2D eigenvalue weighted by Crippen LogP contribution is 2.23. The molecule has 0 aliphatic heterocycles. The maximum absolute atomic E-state index is 13.4. The molecule has 0 heterocycles. The summed E-state index contributed by atoms with van der Waals surface area (Å²) in [7, 11) is -3.51. The van der Waals surface area contributed by atoms with E-state index in [-0.39, 0.29) is 30.8 Å². The molecule has 0 unspecified atom stereocenters. The Bertz CT molecular complexity index is 1140. The molecule has 2 amide bonds. The fraction of sp³-hybridized carbons (Fsp3) is 0.500. The number of hydrogen-bond acceptors (Lipinski definition) is 4. The summed E-state index contributed by atoms with van der Waals surface area (Å²) in [5.41, 5.74) is 3.63. The van der Waals surface area contributed by atoms with Crippen LogP contribution in [0.1, 0.15) is 62.1 Å². The predicted molar refractivity (Wildman–Crippen MR) is 144 cm³/mol. The van der Waals surface area contributed by atoms with Gasteiger partial charge in [-0.3, -0.25) is 13.9 Å². The quantitative estimate of drug-likeness (QED) is 0.485. The number of nitrogens with zero attached hydrogens (tertiary/aromatic N) is 2. The first-order valence-electron chi connectivity index (χ1n) is 12.7. The van der Waals surface area contributed by atoms with Crippen molar-refractivity contribution in [3.8, 4) is 0 Å². The van der Waals surface area contributed by atoms with Crippen molar-refractivity contribution in [1.29, 1.82) is 0 Å². The van der Waals surface area contributed by atoms with Gasteiger partial charge in [0.25, 0.3) is 0 Å². The van der Waals surface area contributed by atoms with Crippen LogP contribution in [0.5, 0.6) is 0 Å². The van der Waals surface area contributed by atoms with Gasteiger partial charge in [-0.2, -0.15) is 0 Å². The molecular weight excluding hydrogens is 474 g/mol. The number of carbonyl (C=O) groups is 2. The molecular formula is C28H39N3O4S. The van der Waals surface area contributed by atoms with E-state index in [1.165, 1.54) is 10.6 Å². The third-order valence-corrected chi connectivity index (χ3v) is 8.19. The molecule has 8 heteroatoms. The molecule has 36 heavy (non-hydrogen) atoms. The van der Waals surface area contributed by atoms with Crippen LogP contribution in [0.25, 0.3) is 0 Å². The lowest BCUT2D eigenvalue weighted by molar-refractivity contribution is -0.141. The number of aryl methyl sites for hydroxylation is 2. The van der Waals surface area contributed by atoms with E-state index in [0.717, 1.165) is 42.4 Å². The van der Waals surface area contributed by atoms with Gasteiger partial charge in [0.2, 0.25) is 21.8 Å². The molecule has 0 saturated heterocycles. The fourth-order valence-corrected chi connectivity index (χ4v) is 5.60. The van der Waals surface area contributed by atoms with Crippen LogP contribution in [-0.4, -0.2) is 50.0 Å². The Morgan fingerprint density at radius 1 is 1.03 bits per heavy atom. The number of hydrogen-bond donors (Lipinski definition) is 1. The van der Waals surface area contributed by atoms with E-state index in [1.807, 2.05) is 56.3 Å². The first-order valence-corrected chi connectivity index (χ1v) is 14.6. The minimum atomic E-state index is -3.51. The first-order chi connectivity index (χ1) is 17.1. The van der Waals surface area contributed by atoms with Gasteiger partial charge in [-0.15, -0.1) is 0 Å². The average Bonchev–Trinajstić information content (AvgIpc) is 3.34. The zero-order valence-electron chi connectivity index (χ0n) is 21.9. The molecule has 2 aromatic carbocycles. The summed E-state index contributed by atoms with van der Waals surface area (Å²) in [5, 5.41) is 3.10. The van der Waals surface area contributed by atoms with Gasteiger partial charge >= 0.3 is 0 Å². The summed E-state index contributed by atoms with van der Waals surface area (Å²) < 4.78 is 26.4. The Hall–Kier alpha value is -2.87. The topological polar surface area (TPSA) is 86.8 Å². The number of carbonyl (C=O) groups excluding carboxylic acids is 2. The van der Waals surface area contributed by atoms with Crippen LogP contribution >= 0.6 is 0 Å². The zero-order chi connectivity index (χ0) is 26.3. The summed E-state index contributed by atoms with van der Waals surface area (Å²) in [6.07, 6.45) is 5.86. The summed E-state index contributed by atoms with van der Waals surface area (Å²) in [5.74, 6) is -0.305. The molecule has 196 valence electrons. The van der Waals surface area contributed by atoms with Crippen molar-refractivity contribution < 1.29 is 18.0 Å². The van der Waals surface area contributed by atoms with Gasteiger partial charge in [0, 0.05) is 25.6 Å². The summed E-state index contributed by atoms with van der Waals surface area (Å²) in [6.45, 7) is 6.21. The Morgan fingerprint density at radius 3 is 2.31 bits per heavy atom. The normalized spacial score (nSPS) is 14.9. The van der Waals surface area contributed by atoms with Crippen molar-refractivity contribution in [3.63, 3.8) is 0 Å². The average molecular weight is 514 g/mol. The third kappa shape index (κ3) is 7.56. The number of sulfonamides is 1. The maximum Gasteiger partial charge on any atom is 0.242 e. The minimum absolute atomic E-state index is 0.140. The summed E-state index contributed by atoms with van der Waals surface area (Å²) >= 11 is 0. The highest BCUT2D eigenvalue weighted by Gasteiger charge is 2.28. The Balaban J connectivity index is 1.70. The molecule has 1 saturated carbocycles. The van der Waals surface area contributed by atoms with Gasteiger partial charge in [-0.05, 0) is 68.9 Å². The van der Waals surface area contributed by atoms with Gasteiger partial charge in [-0.1, -0.05) is 49.2 Å². The second-order valence-electron chi connectivity index (χ2n) is 9.88. The number of nitrogens with one attached hydrogen (secondary N) is 1. The van der Waals surface area contributed by atoms with E-state index >= 15 is 0 Å². The van der Waals surface area contributed by atoms with E-state index in [4.69, 9.17) is 0 Å². The van der Waals surface area contributed by atoms with Crippen molar-refractivity contribution >= 4 is 27.5 Å². The zero-order valence-corrected chi connectivity index (χ0v) is 22.7. The molecule has 7 nitrogen and oxygen atoms in total. The van der Waals surface area contributed by atoms with Gasteiger partial charge in [-0.25, -0.2) is 8.42 Å². The van der Waals surface area contributed by atoms with Crippen LogP contribution in [0.4, 0.5) is 5.69 Å². The van der Waals surface area contributed by atoms with Crippen molar-refractivity contribution in [3.05, 3.63) is 65.2 Å². The number of benzene rings is 2. The van der Waals surface area contributed by atoms with Crippen molar-refractivity contribution in [2.45, 2.75) is 77.9 Å². The molecule has 1 N–H and O–H groups in total. The van der Waals surface area contributed by atoms with E-state index < -0.39 is 16.1 Å². The molecule has 0 spiro atoms. The number of amides is 2. The molecule has 0 radical (unpaired) electrons. The third-order valence-electron chi connectivity index (χ3n) is 7.00. The standard InChI is InChI=1S/C28H39N3O4S/c1-21-16-17-26(19-22(21)2)31(36(4,34)35)18-10-15-27(32)30(20-24-11-6-5-7-12-24)23(3)28(33)29-25-13-8-9-14-25/h5-7,11-12,16-17,19,23,25H,8-10,13-15,18,20H2,1-4H3,(H,29,33)/t23-/m1/s1. The molecule has 3 rings (SSSR count). The minimum Gasteiger partial charge on any atom is -0.352 e. The highest BCUT2D eigenvalue weighted by molar-refractivity contribution is 7.92. The lowest BCUT2D eigenvalue weighted by Crippen LogP contribution is -2.49. The van der Waals surface area contributed by atoms with Crippen LogP contribution in [0.15, 0.2) is 48.5 Å². The second-order valence-corrected chi connectivity index (χ2v) is 11.8. The Morgan fingerprint density at radius 2 is 1.69 bits per heavy atom. The molecule has 1 aliphatic rings. The lowest BCUT2D eigenvalue weighted by Gasteiger charge is -2.30. The highest BCUT2D eigenvalue weighted by atomic mass is 32.2. The number of anilines is 1. The fourth-order valence-electron chi connectivity index (χ4n) is 4.64. The van der Waals surface area contributed by atoms with Crippen LogP contribution in [0.2, 0.25) is 0 Å². The van der Waals surface area contributed by atoms with E-state index in [2.05, 4.69) is 5.32 Å². The molecule has 1 atom stereocenters. The van der Waals surface area contributed by atoms with Crippen molar-refractivity contribution in [1.82, 2.24) is 10.2 Å². The van der Waals surface area contributed by atoms with E-state index in [9.17, 15) is 18.0 Å². The van der Waals surface area contributed by atoms with Gasteiger partial charge < -0.3 is 10.2 Å². The van der Waals surface area contributed by atoms with Crippen LogP contribution in [0, 0.1) is 13.8 Å². The van der Waals surface area contributed by atoms with Gasteiger partial charge in [0.05, 0.1) is 11.9 Å². The monoisotopic (exact) mass is 513 g/mol. The molecule has 2 aromatic rings. The number of rotatable bonds is 11. The van der Waals surface area contributed by atoms with Gasteiger partial charge in [0.1, 0.15) is 6.04 Å². The Labute approximate surface area is 215 Å². The van der Waals surface area contributed by atoms with Crippen LogP contribution in [-0.2, 0) is 26.2 Å². The SMILES string of the molecule is Cc1ccc(N(CCCC(=O)N(Cc2ccccc2)[C@H](C)C(=O)NC2CCCC2)S(C)(=O)=O)cc1C. The van der Waals surface area contributed by atoms with Crippen LogP contribution in [0.3, 0.4) is 0 Å². The van der Waals surface area contributed by atoms with E-state index in [0.29, 0.717) is 18.7 Å². The van der Waals surface area contributed by atoms with Crippen molar-refractivity contribution in [2.75, 3.05) is 17.1 Å². The summed E-state index contributed by atoms with van der Waals surface area (Å²) in [4.78, 5) is 28.0. The maximum atomic E-state index is 13.4. The van der Waals surface area contributed by atoms with Gasteiger partial charge in [0.15, 0.2) is 0 Å². The lowest BCUT2D eigenvalue weighted by atomic mass is 10.1. The molecule has 1 fully saturated rings. The van der Waals surface area contributed by atoms with Crippen molar-refractivity contribution in [2.24, 2.45) is 0 Å².